The first-order chi connectivity index (χ1) is 11.0. The van der Waals surface area contributed by atoms with Crippen molar-refractivity contribution in [3.63, 3.8) is 0 Å². The molecule has 1 aliphatic rings. The summed E-state index contributed by atoms with van der Waals surface area (Å²) in [5.41, 5.74) is 1.88. The topological polar surface area (TPSA) is 77.8 Å². The van der Waals surface area contributed by atoms with Crippen molar-refractivity contribution in [2.45, 2.75) is 31.1 Å². The Morgan fingerprint density at radius 2 is 1.22 bits per heavy atom. The third kappa shape index (κ3) is 2.89. The van der Waals surface area contributed by atoms with E-state index in [4.69, 9.17) is 0 Å². The third-order valence-electron chi connectivity index (χ3n) is 5.03. The highest BCUT2D eigenvalue weighted by molar-refractivity contribution is 5.70. The smallest absolute Gasteiger partial charge is 0.306 e. The van der Waals surface area contributed by atoms with E-state index in [0.717, 1.165) is 24.0 Å². The minimum Gasteiger partial charge on any atom is -0.508 e. The predicted octanol–water partition coefficient (Wildman–Crippen LogP) is 3.66. The molecule has 1 fully saturated rings. The van der Waals surface area contributed by atoms with Crippen molar-refractivity contribution in [1.82, 2.24) is 0 Å². The summed E-state index contributed by atoms with van der Waals surface area (Å²) >= 11 is 0. The van der Waals surface area contributed by atoms with E-state index < -0.39 is 5.97 Å². The molecule has 2 aromatic carbocycles. The molecule has 2 aromatic rings. The van der Waals surface area contributed by atoms with E-state index in [0.29, 0.717) is 12.8 Å². The molecular formula is C19H20O4. The van der Waals surface area contributed by atoms with Crippen LogP contribution in [0.4, 0.5) is 0 Å². The molecule has 0 aliphatic heterocycles. The minimum atomic E-state index is -0.727. The van der Waals surface area contributed by atoms with Gasteiger partial charge < -0.3 is 15.3 Å². The highest BCUT2D eigenvalue weighted by Crippen LogP contribution is 2.47. The number of aromatic hydroxyl groups is 2. The van der Waals surface area contributed by atoms with E-state index in [1.807, 2.05) is 24.3 Å². The Morgan fingerprint density at radius 3 is 1.57 bits per heavy atom. The number of hydrogen-bond acceptors (Lipinski definition) is 3. The van der Waals surface area contributed by atoms with Crippen LogP contribution in [0.1, 0.15) is 36.8 Å². The summed E-state index contributed by atoms with van der Waals surface area (Å²) in [6, 6.07) is 14.3. The Labute approximate surface area is 135 Å². The lowest BCUT2D eigenvalue weighted by molar-refractivity contribution is -0.143. The number of carboxylic acids is 1. The predicted molar refractivity (Wildman–Crippen MR) is 86.6 cm³/mol. The van der Waals surface area contributed by atoms with Crippen molar-refractivity contribution in [3.05, 3.63) is 59.7 Å². The van der Waals surface area contributed by atoms with Crippen LogP contribution in [0.3, 0.4) is 0 Å². The average Bonchev–Trinajstić information content (AvgIpc) is 2.56. The van der Waals surface area contributed by atoms with Gasteiger partial charge in [0.05, 0.1) is 5.92 Å². The van der Waals surface area contributed by atoms with E-state index in [2.05, 4.69) is 0 Å². The molecule has 1 aliphatic carbocycles. The van der Waals surface area contributed by atoms with Crippen molar-refractivity contribution >= 4 is 5.97 Å². The Kier molecular flexibility index (Phi) is 3.99. The second-order valence-corrected chi connectivity index (χ2v) is 6.29. The number of hydrogen-bond donors (Lipinski definition) is 3. The maximum absolute atomic E-state index is 11.3. The molecule has 0 aromatic heterocycles. The molecule has 23 heavy (non-hydrogen) atoms. The van der Waals surface area contributed by atoms with Crippen LogP contribution in [0.25, 0.3) is 0 Å². The van der Waals surface area contributed by atoms with E-state index in [1.165, 1.54) is 0 Å². The maximum atomic E-state index is 11.3. The number of benzene rings is 2. The first-order valence-corrected chi connectivity index (χ1v) is 7.83. The quantitative estimate of drug-likeness (QED) is 0.808. The van der Waals surface area contributed by atoms with Crippen molar-refractivity contribution in [3.8, 4) is 11.5 Å². The summed E-state index contributed by atoms with van der Waals surface area (Å²) in [6.45, 7) is 0. The normalized spacial score (nSPS) is 17.7. The monoisotopic (exact) mass is 312 g/mol. The van der Waals surface area contributed by atoms with E-state index >= 15 is 0 Å². The number of aliphatic carboxylic acids is 1. The van der Waals surface area contributed by atoms with Crippen LogP contribution in [0.2, 0.25) is 0 Å². The largest absolute Gasteiger partial charge is 0.508 e. The van der Waals surface area contributed by atoms with Crippen LogP contribution >= 0.6 is 0 Å². The fourth-order valence-electron chi connectivity index (χ4n) is 3.66. The van der Waals surface area contributed by atoms with E-state index in [-0.39, 0.29) is 22.8 Å². The first-order valence-electron chi connectivity index (χ1n) is 7.83. The van der Waals surface area contributed by atoms with Gasteiger partial charge in [0.25, 0.3) is 0 Å². The van der Waals surface area contributed by atoms with Gasteiger partial charge in [0.15, 0.2) is 0 Å². The lowest BCUT2D eigenvalue weighted by atomic mass is 9.63. The zero-order chi connectivity index (χ0) is 16.4. The second kappa shape index (κ2) is 5.95. The highest BCUT2D eigenvalue weighted by atomic mass is 16.4. The Morgan fingerprint density at radius 1 is 0.826 bits per heavy atom. The molecule has 4 nitrogen and oxygen atoms in total. The van der Waals surface area contributed by atoms with Gasteiger partial charge in [-0.3, -0.25) is 4.79 Å². The number of carboxylic acid groups (broad SMARTS) is 1. The van der Waals surface area contributed by atoms with Crippen molar-refractivity contribution in [2.75, 3.05) is 0 Å². The third-order valence-corrected chi connectivity index (χ3v) is 5.03. The molecule has 120 valence electrons. The average molecular weight is 312 g/mol. The molecule has 0 unspecified atom stereocenters. The van der Waals surface area contributed by atoms with Gasteiger partial charge in [-0.25, -0.2) is 0 Å². The molecule has 3 N–H and O–H groups in total. The SMILES string of the molecule is O=C(O)C1CCC(c2ccc(O)cc2)(c2ccc(O)cc2)CC1. The van der Waals surface area contributed by atoms with Crippen LogP contribution < -0.4 is 0 Å². The zero-order valence-electron chi connectivity index (χ0n) is 12.8. The summed E-state index contributed by atoms with van der Waals surface area (Å²) in [5.74, 6) is -0.588. The molecule has 4 heteroatoms. The molecule has 1 saturated carbocycles. The van der Waals surface area contributed by atoms with Crippen LogP contribution in [0.15, 0.2) is 48.5 Å². The number of carbonyl (C=O) groups is 1. The van der Waals surface area contributed by atoms with Crippen molar-refractivity contribution in [1.29, 1.82) is 0 Å². The minimum absolute atomic E-state index is 0.217. The van der Waals surface area contributed by atoms with Gasteiger partial charge in [-0.2, -0.15) is 0 Å². The Hall–Kier alpha value is -2.49. The van der Waals surface area contributed by atoms with Crippen LogP contribution in [-0.4, -0.2) is 21.3 Å². The maximum Gasteiger partial charge on any atom is 0.306 e. The van der Waals surface area contributed by atoms with Gasteiger partial charge in [0, 0.05) is 5.41 Å². The molecule has 0 radical (unpaired) electrons. The first kappa shape index (κ1) is 15.4. The Balaban J connectivity index is 2.02. The van der Waals surface area contributed by atoms with Crippen LogP contribution in [-0.2, 0) is 10.2 Å². The number of rotatable bonds is 3. The summed E-state index contributed by atoms with van der Waals surface area (Å²) in [6.07, 6.45) is 2.72. The van der Waals surface area contributed by atoms with Gasteiger partial charge in [0.2, 0.25) is 0 Å². The number of phenols is 2. The molecule has 0 saturated heterocycles. The Bertz CT molecular complexity index is 633. The van der Waals surface area contributed by atoms with Gasteiger partial charge in [-0.15, -0.1) is 0 Å². The summed E-state index contributed by atoms with van der Waals surface area (Å²) in [4.78, 5) is 11.3. The zero-order valence-corrected chi connectivity index (χ0v) is 12.8. The molecule has 3 rings (SSSR count). The van der Waals surface area contributed by atoms with Gasteiger partial charge >= 0.3 is 5.97 Å². The lowest BCUT2D eigenvalue weighted by Gasteiger charge is -2.40. The van der Waals surface area contributed by atoms with E-state index in [1.54, 1.807) is 24.3 Å². The van der Waals surface area contributed by atoms with Gasteiger partial charge in [0.1, 0.15) is 11.5 Å². The summed E-state index contributed by atoms with van der Waals surface area (Å²) in [7, 11) is 0. The van der Waals surface area contributed by atoms with Crippen LogP contribution in [0.5, 0.6) is 11.5 Å². The molecule has 0 amide bonds. The number of phenolic OH excluding ortho intramolecular Hbond substituents is 2. The molecular weight excluding hydrogens is 292 g/mol. The van der Waals surface area contributed by atoms with Gasteiger partial charge in [-0.05, 0) is 61.1 Å². The standard InChI is InChI=1S/C19H20O4/c20-16-5-1-14(2-6-16)19(15-3-7-17(21)8-4-15)11-9-13(10-12-19)18(22)23/h1-8,13,20-21H,9-12H2,(H,22,23). The summed E-state index contributed by atoms with van der Waals surface area (Å²) < 4.78 is 0. The van der Waals surface area contributed by atoms with Gasteiger partial charge in [-0.1, -0.05) is 24.3 Å². The molecule has 0 bridgehead atoms. The lowest BCUT2D eigenvalue weighted by Crippen LogP contribution is -2.35. The fourth-order valence-corrected chi connectivity index (χ4v) is 3.66. The molecule has 0 atom stereocenters. The molecule has 0 heterocycles. The van der Waals surface area contributed by atoms with E-state index in [9.17, 15) is 20.1 Å². The molecule has 0 spiro atoms. The van der Waals surface area contributed by atoms with Crippen molar-refractivity contribution in [2.24, 2.45) is 5.92 Å². The van der Waals surface area contributed by atoms with Crippen molar-refractivity contribution < 1.29 is 20.1 Å². The second-order valence-electron chi connectivity index (χ2n) is 6.29. The van der Waals surface area contributed by atoms with Crippen LogP contribution in [0, 0.1) is 5.92 Å². The fraction of sp³-hybridized carbons (Fsp3) is 0.316. The highest BCUT2D eigenvalue weighted by Gasteiger charge is 2.40. The summed E-state index contributed by atoms with van der Waals surface area (Å²) in [5, 5.41) is 28.4.